The van der Waals surface area contributed by atoms with Crippen LogP contribution in [0.4, 0.5) is 4.79 Å². The molecule has 0 saturated heterocycles. The molecule has 0 aromatic carbocycles. The highest BCUT2D eigenvalue weighted by Gasteiger charge is 2.34. The number of hydrogen-bond acceptors (Lipinski definition) is 4. The van der Waals surface area contributed by atoms with Crippen LogP contribution in [0.15, 0.2) is 5.16 Å². The molecule has 1 rings (SSSR count). The Balaban J connectivity index is 2.62. The predicted octanol–water partition coefficient (Wildman–Crippen LogP) is 1.96. The van der Waals surface area contributed by atoms with Gasteiger partial charge in [-0.1, -0.05) is 19.0 Å². The van der Waals surface area contributed by atoms with E-state index in [0.29, 0.717) is 12.8 Å². The Hall–Kier alpha value is -1.46. The van der Waals surface area contributed by atoms with Crippen molar-refractivity contribution >= 4 is 11.9 Å². The number of ether oxygens (including phenoxy) is 1. The van der Waals surface area contributed by atoms with Crippen molar-refractivity contribution in [1.29, 1.82) is 0 Å². The molecular weight excluding hydrogens is 234 g/mol. The van der Waals surface area contributed by atoms with E-state index in [0.717, 1.165) is 25.7 Å². The SMILES string of the molecule is CCC(CC)(NC(=O)OC1CCCC1)C(N)=NO. The minimum absolute atomic E-state index is 0.00343. The van der Waals surface area contributed by atoms with Gasteiger partial charge in [-0.15, -0.1) is 0 Å². The van der Waals surface area contributed by atoms with Crippen molar-refractivity contribution in [3.8, 4) is 0 Å². The van der Waals surface area contributed by atoms with Gasteiger partial charge in [0.1, 0.15) is 11.6 Å². The number of nitrogens with two attached hydrogens (primary N) is 1. The molecule has 0 aromatic rings. The van der Waals surface area contributed by atoms with Crippen LogP contribution in [0.5, 0.6) is 0 Å². The second-order valence-corrected chi connectivity index (χ2v) is 4.71. The summed E-state index contributed by atoms with van der Waals surface area (Å²) < 4.78 is 5.32. The normalized spacial score (nSPS) is 17.8. The molecule has 1 saturated carbocycles. The second kappa shape index (κ2) is 6.47. The first-order valence-corrected chi connectivity index (χ1v) is 6.54. The molecule has 1 aliphatic rings. The average Bonchev–Trinajstić information content (AvgIpc) is 2.87. The number of amidine groups is 1. The molecule has 6 heteroatoms. The molecule has 1 amide bonds. The smallest absolute Gasteiger partial charge is 0.408 e. The molecule has 0 aliphatic heterocycles. The molecule has 6 nitrogen and oxygen atoms in total. The lowest BCUT2D eigenvalue weighted by Gasteiger charge is -2.31. The summed E-state index contributed by atoms with van der Waals surface area (Å²) in [5, 5.41) is 14.5. The lowest BCUT2D eigenvalue weighted by molar-refractivity contribution is 0.0942. The number of oxime groups is 1. The lowest BCUT2D eigenvalue weighted by atomic mass is 9.92. The van der Waals surface area contributed by atoms with E-state index in [2.05, 4.69) is 10.5 Å². The van der Waals surface area contributed by atoms with Gasteiger partial charge < -0.3 is 21.0 Å². The molecule has 0 bridgehead atoms. The third-order valence-corrected chi connectivity index (χ3v) is 3.72. The summed E-state index contributed by atoms with van der Waals surface area (Å²) in [6, 6.07) is 0. The fourth-order valence-corrected chi connectivity index (χ4v) is 2.33. The van der Waals surface area contributed by atoms with Crippen LogP contribution in [0.1, 0.15) is 52.4 Å². The van der Waals surface area contributed by atoms with Gasteiger partial charge in [0.25, 0.3) is 0 Å². The Labute approximate surface area is 108 Å². The number of nitrogens with zero attached hydrogens (tertiary/aromatic N) is 1. The van der Waals surface area contributed by atoms with E-state index < -0.39 is 11.6 Å². The van der Waals surface area contributed by atoms with E-state index in [1.54, 1.807) is 0 Å². The van der Waals surface area contributed by atoms with Crippen molar-refractivity contribution < 1.29 is 14.7 Å². The van der Waals surface area contributed by atoms with Crippen molar-refractivity contribution in [3.63, 3.8) is 0 Å². The minimum atomic E-state index is -0.829. The first-order valence-electron chi connectivity index (χ1n) is 6.54. The van der Waals surface area contributed by atoms with E-state index in [-0.39, 0.29) is 11.9 Å². The number of nitrogens with one attached hydrogen (secondary N) is 1. The summed E-state index contributed by atoms with van der Waals surface area (Å²) in [5.41, 5.74) is 4.83. The van der Waals surface area contributed by atoms with Gasteiger partial charge >= 0.3 is 6.09 Å². The molecule has 0 radical (unpaired) electrons. The van der Waals surface area contributed by atoms with Gasteiger partial charge in [0.15, 0.2) is 5.84 Å². The lowest BCUT2D eigenvalue weighted by Crippen LogP contribution is -2.57. The van der Waals surface area contributed by atoms with Crippen LogP contribution < -0.4 is 11.1 Å². The Morgan fingerprint density at radius 1 is 1.44 bits per heavy atom. The van der Waals surface area contributed by atoms with Crippen molar-refractivity contribution in [3.05, 3.63) is 0 Å². The Bertz CT molecular complexity index is 308. The fourth-order valence-electron chi connectivity index (χ4n) is 2.33. The summed E-state index contributed by atoms with van der Waals surface area (Å²) in [7, 11) is 0. The van der Waals surface area contributed by atoms with E-state index >= 15 is 0 Å². The van der Waals surface area contributed by atoms with Crippen molar-refractivity contribution in [2.45, 2.75) is 64.0 Å². The van der Waals surface area contributed by atoms with Crippen LogP contribution in [0.25, 0.3) is 0 Å². The molecule has 104 valence electrons. The molecular formula is C12H23N3O3. The second-order valence-electron chi connectivity index (χ2n) is 4.71. The summed E-state index contributed by atoms with van der Waals surface area (Å²) >= 11 is 0. The highest BCUT2D eigenvalue weighted by Crippen LogP contribution is 2.22. The molecule has 4 N–H and O–H groups in total. The highest BCUT2D eigenvalue weighted by atomic mass is 16.6. The third-order valence-electron chi connectivity index (χ3n) is 3.72. The van der Waals surface area contributed by atoms with E-state index in [1.165, 1.54) is 0 Å². The number of hydrogen-bond donors (Lipinski definition) is 3. The standard InChI is InChI=1S/C12H23N3O3/c1-3-12(4-2,10(13)15-17)14-11(16)18-9-7-5-6-8-9/h9,17H,3-8H2,1-2H3,(H2,13,15)(H,14,16). The van der Waals surface area contributed by atoms with E-state index in [1.807, 2.05) is 13.8 Å². The first-order chi connectivity index (χ1) is 8.57. The van der Waals surface area contributed by atoms with E-state index in [4.69, 9.17) is 15.7 Å². The summed E-state index contributed by atoms with van der Waals surface area (Å²) in [5.74, 6) is 0.0101. The van der Waals surface area contributed by atoms with Crippen LogP contribution in [0.3, 0.4) is 0 Å². The van der Waals surface area contributed by atoms with Crippen LogP contribution in [0.2, 0.25) is 0 Å². The van der Waals surface area contributed by atoms with Gasteiger partial charge in [0.05, 0.1) is 0 Å². The summed E-state index contributed by atoms with van der Waals surface area (Å²) in [4.78, 5) is 11.8. The predicted molar refractivity (Wildman–Crippen MR) is 68.6 cm³/mol. The maximum absolute atomic E-state index is 11.8. The Morgan fingerprint density at radius 2 is 2.00 bits per heavy atom. The average molecular weight is 257 g/mol. The van der Waals surface area contributed by atoms with Crippen molar-refractivity contribution in [2.24, 2.45) is 10.9 Å². The molecule has 0 spiro atoms. The van der Waals surface area contributed by atoms with Crippen molar-refractivity contribution in [1.82, 2.24) is 5.32 Å². The topological polar surface area (TPSA) is 96.9 Å². The third kappa shape index (κ3) is 3.27. The maximum atomic E-state index is 11.8. The van der Waals surface area contributed by atoms with Gasteiger partial charge in [-0.05, 0) is 38.5 Å². The molecule has 0 aromatic heterocycles. The molecule has 1 fully saturated rings. The quantitative estimate of drug-likeness (QED) is 0.303. The van der Waals surface area contributed by atoms with Gasteiger partial charge in [0, 0.05) is 0 Å². The summed E-state index contributed by atoms with van der Waals surface area (Å²) in [6.07, 6.45) is 4.64. The number of carbonyl (C=O) groups excluding carboxylic acids is 1. The molecule has 0 unspecified atom stereocenters. The summed E-state index contributed by atoms with van der Waals surface area (Å²) in [6.45, 7) is 3.74. The van der Waals surface area contributed by atoms with Crippen LogP contribution >= 0.6 is 0 Å². The van der Waals surface area contributed by atoms with Gasteiger partial charge in [-0.2, -0.15) is 0 Å². The number of carbonyl (C=O) groups is 1. The Morgan fingerprint density at radius 3 is 2.44 bits per heavy atom. The molecule has 0 atom stereocenters. The highest BCUT2D eigenvalue weighted by molar-refractivity contribution is 5.92. The largest absolute Gasteiger partial charge is 0.446 e. The zero-order valence-electron chi connectivity index (χ0n) is 11.1. The first kappa shape index (κ1) is 14.6. The van der Waals surface area contributed by atoms with Crippen LogP contribution in [-0.4, -0.2) is 28.8 Å². The zero-order valence-corrected chi connectivity index (χ0v) is 11.1. The van der Waals surface area contributed by atoms with Crippen molar-refractivity contribution in [2.75, 3.05) is 0 Å². The van der Waals surface area contributed by atoms with Gasteiger partial charge in [-0.3, -0.25) is 0 Å². The Kier molecular flexibility index (Phi) is 5.25. The number of amides is 1. The van der Waals surface area contributed by atoms with Crippen LogP contribution in [0, 0.1) is 0 Å². The van der Waals surface area contributed by atoms with Gasteiger partial charge in [0.2, 0.25) is 0 Å². The fraction of sp³-hybridized carbons (Fsp3) is 0.833. The zero-order chi connectivity index (χ0) is 13.6. The van der Waals surface area contributed by atoms with Crippen LogP contribution in [-0.2, 0) is 4.74 Å². The maximum Gasteiger partial charge on any atom is 0.408 e. The minimum Gasteiger partial charge on any atom is -0.446 e. The molecule has 0 heterocycles. The van der Waals surface area contributed by atoms with E-state index in [9.17, 15) is 4.79 Å². The number of alkyl carbamates (subject to hydrolysis) is 1. The number of rotatable bonds is 5. The molecule has 18 heavy (non-hydrogen) atoms. The van der Waals surface area contributed by atoms with Gasteiger partial charge in [-0.25, -0.2) is 4.79 Å². The molecule has 1 aliphatic carbocycles. The monoisotopic (exact) mass is 257 g/mol.